The number of hydrazine groups is 1. The first-order valence-corrected chi connectivity index (χ1v) is 6.53. The molecule has 19 heavy (non-hydrogen) atoms. The van der Waals surface area contributed by atoms with Crippen molar-refractivity contribution in [2.75, 3.05) is 6.61 Å². The lowest BCUT2D eigenvalue weighted by Crippen LogP contribution is -2.68. The molecule has 0 saturated carbocycles. The summed E-state index contributed by atoms with van der Waals surface area (Å²) in [6, 6.07) is -2.00. The molecule has 3 amide bonds. The molecule has 1 aliphatic heterocycles. The third-order valence-electron chi connectivity index (χ3n) is 2.44. The van der Waals surface area contributed by atoms with Gasteiger partial charge in [0, 0.05) is 0 Å². The van der Waals surface area contributed by atoms with E-state index in [2.05, 4.69) is 4.52 Å². The third-order valence-corrected chi connectivity index (χ3v) is 4.01. The fourth-order valence-electron chi connectivity index (χ4n) is 1.53. The van der Waals surface area contributed by atoms with Crippen LogP contribution in [0, 0.1) is 0 Å². The fraction of sp³-hybridized carbons (Fsp3) is 0.571. The van der Waals surface area contributed by atoms with Gasteiger partial charge in [-0.2, -0.15) is 0 Å². The van der Waals surface area contributed by atoms with Gasteiger partial charge in [0.05, 0.1) is 6.04 Å². The van der Waals surface area contributed by atoms with Crippen LogP contribution in [0.3, 0.4) is 0 Å². The van der Waals surface area contributed by atoms with Gasteiger partial charge in [-0.15, -0.1) is 0 Å². The van der Waals surface area contributed by atoms with E-state index in [1.165, 1.54) is 6.92 Å². The van der Waals surface area contributed by atoms with Gasteiger partial charge in [-0.25, -0.2) is 19.9 Å². The van der Waals surface area contributed by atoms with Crippen LogP contribution in [0.4, 0.5) is 4.79 Å². The minimum atomic E-state index is -4.52. The van der Waals surface area contributed by atoms with Crippen LogP contribution in [0.5, 0.6) is 0 Å². The minimum absolute atomic E-state index is 0.484. The number of nitrogens with one attached hydrogen (secondary N) is 2. The highest BCUT2D eigenvalue weighted by Gasteiger charge is 2.54. The Morgan fingerprint density at radius 1 is 1.58 bits per heavy atom. The van der Waals surface area contributed by atoms with Crippen LogP contribution >= 0.6 is 7.75 Å². The standard InChI is InChI=1S/C7H13N4O7P/c1-3-5(9-7(14)15)6(13)11(3)19(16,17)18-2-4(12)10-8/h3,5,9H,2,8H2,1H3,(H,10,12)(H,14,15)(H,16,17)/t3-,5?/m0/s1. The highest BCUT2D eigenvalue weighted by Crippen LogP contribution is 2.52. The summed E-state index contributed by atoms with van der Waals surface area (Å²) in [5.41, 5.74) is 1.68. The number of hydrogen-bond donors (Lipinski definition) is 5. The molecule has 108 valence electrons. The average Bonchev–Trinajstić information content (AvgIpc) is 2.33. The molecular weight excluding hydrogens is 283 g/mol. The first kappa shape index (κ1) is 15.4. The predicted molar refractivity (Wildman–Crippen MR) is 59.4 cm³/mol. The van der Waals surface area contributed by atoms with Gasteiger partial charge < -0.3 is 15.3 Å². The molecule has 12 heteroatoms. The van der Waals surface area contributed by atoms with E-state index >= 15 is 0 Å². The SMILES string of the molecule is C[C@H]1C(NC(=O)O)C(=O)N1P(=O)(O)OCC(=O)NN. The van der Waals surface area contributed by atoms with Crippen LogP contribution in [0.25, 0.3) is 0 Å². The van der Waals surface area contributed by atoms with E-state index in [4.69, 9.17) is 10.9 Å². The van der Waals surface area contributed by atoms with Crippen LogP contribution in [-0.4, -0.2) is 51.3 Å². The van der Waals surface area contributed by atoms with Crippen molar-refractivity contribution in [1.82, 2.24) is 15.4 Å². The maximum Gasteiger partial charge on any atom is 0.435 e. The molecule has 0 bridgehead atoms. The third kappa shape index (κ3) is 3.20. The van der Waals surface area contributed by atoms with E-state index in [1.807, 2.05) is 5.32 Å². The van der Waals surface area contributed by atoms with Gasteiger partial charge in [0.2, 0.25) is 0 Å². The monoisotopic (exact) mass is 296 g/mol. The number of carbonyl (C=O) groups excluding carboxylic acids is 2. The normalized spacial score (nSPS) is 25.2. The Morgan fingerprint density at radius 3 is 2.58 bits per heavy atom. The molecule has 6 N–H and O–H groups in total. The molecule has 0 spiro atoms. The molecule has 1 heterocycles. The summed E-state index contributed by atoms with van der Waals surface area (Å²) in [5.74, 6) is 2.99. The van der Waals surface area contributed by atoms with Crippen LogP contribution in [-0.2, 0) is 18.7 Å². The minimum Gasteiger partial charge on any atom is -0.465 e. The van der Waals surface area contributed by atoms with Gasteiger partial charge in [0.1, 0.15) is 12.6 Å². The van der Waals surface area contributed by atoms with Gasteiger partial charge in [0.15, 0.2) is 0 Å². The molecule has 11 nitrogen and oxygen atoms in total. The molecule has 0 radical (unpaired) electrons. The van der Waals surface area contributed by atoms with Crippen LogP contribution in [0.2, 0.25) is 0 Å². The summed E-state index contributed by atoms with van der Waals surface area (Å²) in [4.78, 5) is 42.2. The number of rotatable bonds is 5. The van der Waals surface area contributed by atoms with Crippen molar-refractivity contribution in [2.45, 2.75) is 19.0 Å². The lowest BCUT2D eigenvalue weighted by molar-refractivity contribution is -0.143. The number of carboxylic acid groups (broad SMARTS) is 1. The van der Waals surface area contributed by atoms with Crippen molar-refractivity contribution in [2.24, 2.45) is 5.84 Å². The zero-order valence-corrected chi connectivity index (χ0v) is 10.7. The quantitative estimate of drug-likeness (QED) is 0.127. The molecule has 0 aromatic rings. The Kier molecular flexibility index (Phi) is 4.48. The average molecular weight is 296 g/mol. The second-order valence-electron chi connectivity index (χ2n) is 3.68. The van der Waals surface area contributed by atoms with Crippen molar-refractivity contribution < 1.29 is 33.5 Å². The van der Waals surface area contributed by atoms with Gasteiger partial charge in [0.25, 0.3) is 11.8 Å². The van der Waals surface area contributed by atoms with Gasteiger partial charge in [-0.3, -0.25) is 19.5 Å². The molecule has 1 fully saturated rings. The fourth-order valence-corrected chi connectivity index (χ4v) is 2.90. The molecule has 2 unspecified atom stereocenters. The maximum atomic E-state index is 11.7. The number of β-lactam (4-membered cyclic amide) rings is 1. The lowest BCUT2D eigenvalue weighted by Gasteiger charge is -2.45. The molecule has 1 aliphatic rings. The second kappa shape index (κ2) is 5.53. The van der Waals surface area contributed by atoms with Crippen molar-refractivity contribution in [3.05, 3.63) is 0 Å². The van der Waals surface area contributed by atoms with Crippen molar-refractivity contribution in [1.29, 1.82) is 0 Å². The van der Waals surface area contributed by atoms with Crippen LogP contribution in [0.15, 0.2) is 0 Å². The maximum absolute atomic E-state index is 11.7. The molecule has 1 rings (SSSR count). The summed E-state index contributed by atoms with van der Waals surface area (Å²) >= 11 is 0. The molecule has 3 atom stereocenters. The Labute approximate surface area is 107 Å². The van der Waals surface area contributed by atoms with E-state index in [1.54, 1.807) is 5.43 Å². The number of hydrogen-bond acceptors (Lipinski definition) is 6. The van der Waals surface area contributed by atoms with Crippen LogP contribution in [0.1, 0.15) is 6.92 Å². The van der Waals surface area contributed by atoms with E-state index in [9.17, 15) is 23.8 Å². The lowest BCUT2D eigenvalue weighted by atomic mass is 10.0. The number of amides is 3. The molecule has 0 aromatic heterocycles. The van der Waals surface area contributed by atoms with Crippen molar-refractivity contribution >= 4 is 25.7 Å². The second-order valence-corrected chi connectivity index (χ2v) is 5.35. The largest absolute Gasteiger partial charge is 0.465 e. The Hall–Kier alpha value is -1.68. The summed E-state index contributed by atoms with van der Waals surface area (Å²) in [6.07, 6.45) is -1.43. The summed E-state index contributed by atoms with van der Waals surface area (Å²) in [6.45, 7) is 0.551. The Morgan fingerprint density at radius 2 is 2.16 bits per heavy atom. The molecule has 1 saturated heterocycles. The topological polar surface area (TPSA) is 171 Å². The summed E-state index contributed by atoms with van der Waals surface area (Å²) in [7, 11) is -4.52. The smallest absolute Gasteiger partial charge is 0.435 e. The Bertz CT molecular complexity index is 455. The number of carbonyl (C=O) groups is 3. The number of nitrogens with zero attached hydrogens (tertiary/aromatic N) is 1. The first-order valence-electron chi connectivity index (χ1n) is 5.00. The summed E-state index contributed by atoms with van der Waals surface area (Å²) in [5, 5.41) is 10.4. The van der Waals surface area contributed by atoms with Crippen LogP contribution < -0.4 is 16.6 Å². The zero-order valence-electron chi connectivity index (χ0n) is 9.77. The molecule has 0 aromatic carbocycles. The Balaban J connectivity index is 2.66. The van der Waals surface area contributed by atoms with Crippen molar-refractivity contribution in [3.63, 3.8) is 0 Å². The van der Waals surface area contributed by atoms with E-state index in [0.717, 1.165) is 0 Å². The van der Waals surface area contributed by atoms with Gasteiger partial charge in [-0.1, -0.05) is 0 Å². The van der Waals surface area contributed by atoms with Gasteiger partial charge >= 0.3 is 13.8 Å². The van der Waals surface area contributed by atoms with Crippen molar-refractivity contribution in [3.8, 4) is 0 Å². The van der Waals surface area contributed by atoms with E-state index in [-0.39, 0.29) is 0 Å². The van der Waals surface area contributed by atoms with E-state index in [0.29, 0.717) is 4.67 Å². The molecule has 0 aliphatic carbocycles. The van der Waals surface area contributed by atoms with Gasteiger partial charge in [-0.05, 0) is 6.92 Å². The number of nitrogens with two attached hydrogens (primary N) is 1. The summed E-state index contributed by atoms with van der Waals surface area (Å²) < 4.78 is 16.6. The molecular formula is C7H13N4O7P. The predicted octanol–water partition coefficient (Wildman–Crippen LogP) is -2.04. The highest BCUT2D eigenvalue weighted by molar-refractivity contribution is 7.51. The highest BCUT2D eigenvalue weighted by atomic mass is 31.2. The van der Waals surface area contributed by atoms with E-state index < -0.39 is 44.3 Å². The zero-order chi connectivity index (χ0) is 14.8. The first-order chi connectivity index (χ1) is 8.70.